The monoisotopic (exact) mass is 450 g/mol. The Bertz CT molecular complexity index is 1180. The first-order valence-electron chi connectivity index (χ1n) is 9.15. The summed E-state index contributed by atoms with van der Waals surface area (Å²) in [5, 5.41) is 3.88. The molecule has 1 atom stereocenters. The third-order valence-corrected chi connectivity index (χ3v) is 5.71. The van der Waals surface area contributed by atoms with E-state index in [1.807, 2.05) is 18.2 Å². The normalized spacial score (nSPS) is 12.4. The maximum Gasteiger partial charge on any atom is 0.246 e. The molecule has 0 spiro atoms. The second-order valence-electron chi connectivity index (χ2n) is 6.91. The van der Waals surface area contributed by atoms with Gasteiger partial charge in [0.2, 0.25) is 27.6 Å². The van der Waals surface area contributed by atoms with Crippen molar-refractivity contribution in [3.8, 4) is 11.4 Å². The molecule has 3 rings (SSSR count). The average molecular weight is 450 g/mol. The Labute approximate surface area is 178 Å². The zero-order valence-corrected chi connectivity index (χ0v) is 17.8. The molecule has 0 N–H and O–H groups in total. The lowest BCUT2D eigenvalue weighted by molar-refractivity contribution is -0.131. The van der Waals surface area contributed by atoms with Gasteiger partial charge in [-0.05, 0) is 19.1 Å². The standard InChI is InChI=1S/C20H20F2N4O4S/c1-13(26(31(3,28)29)15-9-10-16(21)17(22)11-15)20(27)25(2)12-18-23-19(24-30-18)14-7-5-4-6-8-14/h4-11,13H,12H2,1-3H3. The average Bonchev–Trinajstić information content (AvgIpc) is 3.18. The van der Waals surface area contributed by atoms with Gasteiger partial charge in [0.05, 0.1) is 18.5 Å². The lowest BCUT2D eigenvalue weighted by Gasteiger charge is -2.30. The summed E-state index contributed by atoms with van der Waals surface area (Å²) in [5.41, 5.74) is 0.571. The van der Waals surface area contributed by atoms with E-state index >= 15 is 0 Å². The fourth-order valence-corrected chi connectivity index (χ4v) is 4.21. The smallest absolute Gasteiger partial charge is 0.246 e. The van der Waals surface area contributed by atoms with Crippen LogP contribution in [0.3, 0.4) is 0 Å². The van der Waals surface area contributed by atoms with Crippen molar-refractivity contribution in [3.63, 3.8) is 0 Å². The van der Waals surface area contributed by atoms with Gasteiger partial charge in [-0.25, -0.2) is 17.2 Å². The maximum atomic E-state index is 13.7. The fraction of sp³-hybridized carbons (Fsp3) is 0.250. The van der Waals surface area contributed by atoms with Crippen molar-refractivity contribution in [2.45, 2.75) is 19.5 Å². The number of aromatic nitrogens is 2. The number of hydrogen-bond acceptors (Lipinski definition) is 6. The van der Waals surface area contributed by atoms with E-state index in [9.17, 15) is 22.0 Å². The molecule has 2 aromatic carbocycles. The zero-order chi connectivity index (χ0) is 22.8. The van der Waals surface area contributed by atoms with Gasteiger partial charge in [0.25, 0.3) is 0 Å². The number of carbonyl (C=O) groups is 1. The number of benzene rings is 2. The molecule has 1 heterocycles. The summed E-state index contributed by atoms with van der Waals surface area (Å²) in [6, 6.07) is 10.5. The highest BCUT2D eigenvalue weighted by Gasteiger charge is 2.32. The highest BCUT2D eigenvalue weighted by atomic mass is 32.2. The number of anilines is 1. The zero-order valence-electron chi connectivity index (χ0n) is 17.0. The van der Waals surface area contributed by atoms with Crippen LogP contribution in [0.5, 0.6) is 0 Å². The molecule has 8 nitrogen and oxygen atoms in total. The summed E-state index contributed by atoms with van der Waals surface area (Å²) in [7, 11) is -2.54. The van der Waals surface area contributed by atoms with Gasteiger partial charge in [-0.3, -0.25) is 9.10 Å². The van der Waals surface area contributed by atoms with Gasteiger partial charge >= 0.3 is 0 Å². The van der Waals surface area contributed by atoms with Crippen LogP contribution in [0.15, 0.2) is 53.1 Å². The number of amides is 1. The van der Waals surface area contributed by atoms with E-state index in [0.717, 1.165) is 34.3 Å². The first-order chi connectivity index (χ1) is 14.6. The van der Waals surface area contributed by atoms with Gasteiger partial charge in [-0.15, -0.1) is 0 Å². The van der Waals surface area contributed by atoms with E-state index in [4.69, 9.17) is 4.52 Å². The number of likely N-dealkylation sites (N-methyl/N-ethyl adjacent to an activating group) is 1. The Kier molecular flexibility index (Phi) is 6.34. The summed E-state index contributed by atoms with van der Waals surface area (Å²) < 4.78 is 57.5. The minimum absolute atomic E-state index is 0.0710. The fourth-order valence-electron chi connectivity index (χ4n) is 3.05. The van der Waals surface area contributed by atoms with E-state index in [-0.39, 0.29) is 18.1 Å². The Balaban J connectivity index is 1.79. The van der Waals surface area contributed by atoms with Crippen molar-refractivity contribution < 1.29 is 26.5 Å². The van der Waals surface area contributed by atoms with Crippen LogP contribution in [0.2, 0.25) is 0 Å². The molecule has 0 saturated carbocycles. The molecule has 0 bridgehead atoms. The van der Waals surface area contributed by atoms with Crippen LogP contribution in [0.4, 0.5) is 14.5 Å². The number of carbonyl (C=O) groups excluding carboxylic acids is 1. The van der Waals surface area contributed by atoms with Crippen LogP contribution < -0.4 is 4.31 Å². The Hall–Kier alpha value is -3.34. The molecule has 3 aromatic rings. The summed E-state index contributed by atoms with van der Waals surface area (Å²) >= 11 is 0. The number of halogens is 2. The van der Waals surface area contributed by atoms with Crippen LogP contribution in [0.25, 0.3) is 11.4 Å². The topological polar surface area (TPSA) is 96.6 Å². The van der Waals surface area contributed by atoms with Crippen molar-refractivity contribution in [1.82, 2.24) is 15.0 Å². The lowest BCUT2D eigenvalue weighted by atomic mass is 10.2. The first-order valence-corrected chi connectivity index (χ1v) is 11.0. The van der Waals surface area contributed by atoms with Crippen molar-refractivity contribution in [2.75, 3.05) is 17.6 Å². The quantitative estimate of drug-likeness (QED) is 0.549. The van der Waals surface area contributed by atoms with Crippen LogP contribution >= 0.6 is 0 Å². The predicted molar refractivity (Wildman–Crippen MR) is 109 cm³/mol. The minimum atomic E-state index is -3.98. The highest BCUT2D eigenvalue weighted by molar-refractivity contribution is 7.92. The molecule has 1 amide bonds. The molecule has 0 aliphatic rings. The second kappa shape index (κ2) is 8.80. The van der Waals surface area contributed by atoms with Crippen molar-refractivity contribution >= 4 is 21.6 Å². The number of rotatable bonds is 7. The molecule has 1 unspecified atom stereocenters. The SMILES string of the molecule is CC(C(=O)N(C)Cc1nc(-c2ccccc2)no1)N(c1ccc(F)c(F)c1)S(C)(=O)=O. The largest absolute Gasteiger partial charge is 0.337 e. The van der Waals surface area contributed by atoms with Gasteiger partial charge in [0, 0.05) is 18.7 Å². The molecule has 31 heavy (non-hydrogen) atoms. The van der Waals surface area contributed by atoms with E-state index in [1.165, 1.54) is 18.9 Å². The maximum absolute atomic E-state index is 13.7. The lowest BCUT2D eigenvalue weighted by Crippen LogP contribution is -2.48. The summed E-state index contributed by atoms with van der Waals surface area (Å²) in [4.78, 5) is 18.4. The van der Waals surface area contributed by atoms with Crippen molar-refractivity contribution in [3.05, 3.63) is 66.1 Å². The van der Waals surface area contributed by atoms with Gasteiger partial charge in [-0.2, -0.15) is 4.98 Å². The van der Waals surface area contributed by atoms with Gasteiger partial charge in [-0.1, -0.05) is 35.5 Å². The first kappa shape index (κ1) is 22.3. The number of sulfonamides is 1. The highest BCUT2D eigenvalue weighted by Crippen LogP contribution is 2.24. The van der Waals surface area contributed by atoms with Gasteiger partial charge in [0.1, 0.15) is 6.04 Å². The molecule has 0 radical (unpaired) electrons. The molecular weight excluding hydrogens is 430 g/mol. The summed E-state index contributed by atoms with van der Waals surface area (Å²) in [5.74, 6) is -2.45. The molecule has 164 valence electrons. The summed E-state index contributed by atoms with van der Waals surface area (Å²) in [6.07, 6.45) is 0.877. The molecule has 0 fully saturated rings. The Morgan fingerprint density at radius 3 is 2.42 bits per heavy atom. The van der Waals surface area contributed by atoms with E-state index in [2.05, 4.69) is 10.1 Å². The third-order valence-electron chi connectivity index (χ3n) is 4.47. The second-order valence-corrected chi connectivity index (χ2v) is 8.76. The molecule has 1 aromatic heterocycles. The van der Waals surface area contributed by atoms with Crippen molar-refractivity contribution in [2.24, 2.45) is 0 Å². The van der Waals surface area contributed by atoms with Gasteiger partial charge in [0.15, 0.2) is 11.6 Å². The van der Waals surface area contributed by atoms with E-state index < -0.39 is 33.6 Å². The van der Waals surface area contributed by atoms with E-state index in [1.54, 1.807) is 12.1 Å². The number of nitrogens with zero attached hydrogens (tertiary/aromatic N) is 4. The molecular formula is C20H20F2N4O4S. The predicted octanol–water partition coefficient (Wildman–Crippen LogP) is 2.83. The molecule has 11 heteroatoms. The van der Waals surface area contributed by atoms with Crippen LogP contribution in [0.1, 0.15) is 12.8 Å². The molecule has 0 aliphatic carbocycles. The Morgan fingerprint density at radius 2 is 1.81 bits per heavy atom. The third kappa shape index (κ3) is 5.05. The molecule has 0 aliphatic heterocycles. The van der Waals surface area contributed by atoms with Crippen LogP contribution in [-0.4, -0.2) is 48.7 Å². The summed E-state index contributed by atoms with van der Waals surface area (Å²) in [6.45, 7) is 1.28. The molecule has 0 saturated heterocycles. The number of hydrogen-bond donors (Lipinski definition) is 0. The van der Waals surface area contributed by atoms with E-state index in [0.29, 0.717) is 5.82 Å². The Morgan fingerprint density at radius 1 is 1.13 bits per heavy atom. The van der Waals surface area contributed by atoms with Crippen molar-refractivity contribution in [1.29, 1.82) is 0 Å². The van der Waals surface area contributed by atoms with Gasteiger partial charge < -0.3 is 9.42 Å². The minimum Gasteiger partial charge on any atom is -0.337 e. The van der Waals surface area contributed by atoms with Crippen LogP contribution in [0, 0.1) is 11.6 Å². The van der Waals surface area contributed by atoms with Crippen LogP contribution in [-0.2, 0) is 21.4 Å².